The predicted octanol–water partition coefficient (Wildman–Crippen LogP) is 2.03. The van der Waals surface area contributed by atoms with Crippen molar-refractivity contribution in [1.29, 1.82) is 0 Å². The van der Waals surface area contributed by atoms with E-state index in [1.54, 1.807) is 0 Å². The molecule has 19 atom stereocenters. The maximum Gasteiger partial charge on any atom is 0.337 e. The second-order valence-corrected chi connectivity index (χ2v) is 21.1. The number of carboxylic acids is 1. The Labute approximate surface area is 341 Å². The van der Waals surface area contributed by atoms with Crippen LogP contribution in [0.3, 0.4) is 0 Å². The molecular weight excluding hydrogens is 756 g/mol. The number of fused-ring (bicyclic) bond motifs is 7. The second kappa shape index (κ2) is 15.0. The summed E-state index contributed by atoms with van der Waals surface area (Å²) in [6, 6.07) is 0. The lowest BCUT2D eigenvalue weighted by atomic mass is 9.33. The van der Waals surface area contributed by atoms with E-state index in [0.29, 0.717) is 19.3 Å². The van der Waals surface area contributed by atoms with E-state index in [-0.39, 0.29) is 39.4 Å². The molecule has 2 aliphatic heterocycles. The molecule has 5 aliphatic carbocycles. The molecule has 2 heterocycles. The lowest BCUT2D eigenvalue weighted by Gasteiger charge is -2.71. The molecule has 15 heteroatoms. The van der Waals surface area contributed by atoms with Crippen LogP contribution >= 0.6 is 0 Å². The molecule has 0 unspecified atom stereocenters. The van der Waals surface area contributed by atoms with Crippen LogP contribution in [0.25, 0.3) is 0 Å². The number of carboxylic acid groups (broad SMARTS) is 1. The molecule has 0 aromatic carbocycles. The molecule has 58 heavy (non-hydrogen) atoms. The number of hydrogen-bond donors (Lipinski definition) is 8. The number of ether oxygens (including phenoxy) is 5. The Morgan fingerprint density at radius 1 is 0.776 bits per heavy atom. The van der Waals surface area contributed by atoms with E-state index in [4.69, 9.17) is 23.7 Å². The Morgan fingerprint density at radius 2 is 1.43 bits per heavy atom. The largest absolute Gasteiger partial charge is 0.481 e. The van der Waals surface area contributed by atoms with Crippen molar-refractivity contribution in [3.8, 4) is 0 Å². The van der Waals surface area contributed by atoms with Gasteiger partial charge in [0.1, 0.15) is 42.7 Å². The van der Waals surface area contributed by atoms with E-state index in [9.17, 15) is 50.4 Å². The molecule has 7 aliphatic rings. The lowest BCUT2D eigenvalue weighted by molar-refractivity contribution is -0.370. The lowest BCUT2D eigenvalue weighted by Crippen LogP contribution is -2.69. The van der Waals surface area contributed by atoms with E-state index in [2.05, 4.69) is 40.7 Å². The zero-order valence-electron chi connectivity index (χ0n) is 35.2. The molecule has 4 saturated carbocycles. The zero-order chi connectivity index (χ0) is 42.7. The van der Waals surface area contributed by atoms with Crippen LogP contribution < -0.4 is 0 Å². The molecule has 330 valence electrons. The van der Waals surface area contributed by atoms with E-state index in [1.165, 1.54) is 5.57 Å². The summed E-state index contributed by atoms with van der Waals surface area (Å²) < 4.78 is 28.6. The van der Waals surface area contributed by atoms with E-state index in [1.807, 2.05) is 13.8 Å². The SMILES string of the molecule is COC(=O)[C@H]1O[C@@H](O[C@H]2[C@@H](O)C[C@]3(C)[C@H]4CC=C5[C@@H]6CC(C)(C)CC[C@]6(C(=O)O)CC[C@@]5(C)[C@]4(C)CC[C@H]3C2(C)C)[C@H](O)[C@@H](O[C@@H]2O[C@H](CO)[C@H](O)[C@H](O)[C@H]2O)[C@@H]1O. The van der Waals surface area contributed by atoms with Gasteiger partial charge in [-0.2, -0.15) is 0 Å². The van der Waals surface area contributed by atoms with Crippen molar-refractivity contribution in [2.24, 2.45) is 50.2 Å². The number of hydrogen-bond acceptors (Lipinski definition) is 14. The van der Waals surface area contributed by atoms with Crippen molar-refractivity contribution < 1.29 is 74.1 Å². The number of rotatable bonds is 7. The molecule has 6 fully saturated rings. The fourth-order valence-electron chi connectivity index (χ4n) is 13.9. The molecule has 0 radical (unpaired) electrons. The molecule has 0 aromatic rings. The highest BCUT2D eigenvalue weighted by atomic mass is 16.7. The van der Waals surface area contributed by atoms with Gasteiger partial charge in [0.15, 0.2) is 18.7 Å². The minimum atomic E-state index is -1.87. The summed E-state index contributed by atoms with van der Waals surface area (Å²) in [6.45, 7) is 14.9. The monoisotopic (exact) mass is 824 g/mol. The molecule has 7 rings (SSSR count). The summed E-state index contributed by atoms with van der Waals surface area (Å²) in [5.41, 5.74) is -0.843. The molecule has 0 bridgehead atoms. The summed E-state index contributed by atoms with van der Waals surface area (Å²) in [7, 11) is 1.09. The zero-order valence-corrected chi connectivity index (χ0v) is 35.2. The van der Waals surface area contributed by atoms with Gasteiger partial charge in [-0.05, 0) is 103 Å². The molecule has 0 aromatic heterocycles. The third-order valence-corrected chi connectivity index (χ3v) is 17.4. The standard InChI is InChI=1S/C43H68O15/c1-38(2)13-15-43(37(52)53)16-14-41(6)20(21(43)17-38)9-10-25-40(5)18-22(45)33(39(3,4)24(40)11-12-42(25,41)7)58-36-30(50)31(29(49)32(57-36)34(51)54-8)56-35-28(48)27(47)26(46)23(19-44)55-35/h9,21-33,35-36,44-50H,10-19H2,1-8H3,(H,52,53)/t21-,22-,23+,24-,25+,26-,27-,28+,29-,30+,31-,32-,33-,35-,36-,40-,41+,42+,43-/m0/s1. The Morgan fingerprint density at radius 3 is 2.07 bits per heavy atom. The Kier molecular flexibility index (Phi) is 11.4. The van der Waals surface area contributed by atoms with Gasteiger partial charge in [0, 0.05) is 0 Å². The smallest absolute Gasteiger partial charge is 0.337 e. The highest BCUT2D eigenvalue weighted by Gasteiger charge is 2.70. The van der Waals surface area contributed by atoms with Crippen LogP contribution in [0.2, 0.25) is 0 Å². The van der Waals surface area contributed by atoms with Gasteiger partial charge >= 0.3 is 11.9 Å². The average Bonchev–Trinajstić information content (AvgIpc) is 3.15. The van der Waals surface area contributed by atoms with Crippen molar-refractivity contribution in [2.45, 2.75) is 180 Å². The van der Waals surface area contributed by atoms with Crippen molar-refractivity contribution in [3.05, 3.63) is 11.6 Å². The van der Waals surface area contributed by atoms with Crippen molar-refractivity contribution in [1.82, 2.24) is 0 Å². The van der Waals surface area contributed by atoms with Crippen LogP contribution in [-0.4, -0.2) is 140 Å². The normalized spacial score (nSPS) is 52.2. The van der Waals surface area contributed by atoms with Crippen LogP contribution in [0.5, 0.6) is 0 Å². The molecule has 8 N–H and O–H groups in total. The van der Waals surface area contributed by atoms with Gasteiger partial charge in [-0.1, -0.05) is 60.1 Å². The highest BCUT2D eigenvalue weighted by Crippen LogP contribution is 2.76. The van der Waals surface area contributed by atoms with Crippen molar-refractivity contribution in [3.63, 3.8) is 0 Å². The highest BCUT2D eigenvalue weighted by molar-refractivity contribution is 5.77. The van der Waals surface area contributed by atoms with Crippen LogP contribution in [0.15, 0.2) is 11.6 Å². The number of allylic oxidation sites excluding steroid dienone is 2. The summed E-state index contributed by atoms with van der Waals surface area (Å²) in [5, 5.41) is 86.9. The number of carbonyl (C=O) groups is 2. The number of aliphatic hydroxyl groups is 7. The number of aliphatic carboxylic acids is 1. The number of aliphatic hydroxyl groups excluding tert-OH is 7. The van der Waals surface area contributed by atoms with Crippen LogP contribution in [-0.2, 0) is 33.3 Å². The Hall–Kier alpha value is -1.76. The average molecular weight is 825 g/mol. The van der Waals surface area contributed by atoms with Gasteiger partial charge in [0.2, 0.25) is 0 Å². The van der Waals surface area contributed by atoms with Gasteiger partial charge in [-0.25, -0.2) is 4.79 Å². The molecule has 15 nitrogen and oxygen atoms in total. The van der Waals surface area contributed by atoms with Gasteiger partial charge < -0.3 is 64.5 Å². The minimum Gasteiger partial charge on any atom is -0.481 e. The van der Waals surface area contributed by atoms with Gasteiger partial charge in [0.25, 0.3) is 0 Å². The first kappa shape index (κ1) is 44.3. The predicted molar refractivity (Wildman–Crippen MR) is 204 cm³/mol. The number of methoxy groups -OCH3 is 1. The third kappa shape index (κ3) is 6.46. The summed E-state index contributed by atoms with van der Waals surface area (Å²) in [6.07, 6.45) is -10.1. The maximum absolute atomic E-state index is 13.1. The van der Waals surface area contributed by atoms with Crippen LogP contribution in [0, 0.1) is 50.2 Å². The minimum absolute atomic E-state index is 0.0234. The number of esters is 1. The van der Waals surface area contributed by atoms with E-state index >= 15 is 0 Å². The quantitative estimate of drug-likeness (QED) is 0.104. The maximum atomic E-state index is 13.1. The first-order chi connectivity index (χ1) is 26.9. The first-order valence-electron chi connectivity index (χ1n) is 21.3. The van der Waals surface area contributed by atoms with Crippen molar-refractivity contribution >= 4 is 11.9 Å². The fraction of sp³-hybridized carbons (Fsp3) is 0.907. The van der Waals surface area contributed by atoms with Crippen LogP contribution in [0.4, 0.5) is 0 Å². The summed E-state index contributed by atoms with van der Waals surface area (Å²) >= 11 is 0. The van der Waals surface area contributed by atoms with Crippen molar-refractivity contribution in [2.75, 3.05) is 13.7 Å². The number of carbonyl (C=O) groups excluding carboxylic acids is 1. The third-order valence-electron chi connectivity index (χ3n) is 17.4. The molecular formula is C43H68O15. The topological polar surface area (TPSA) is 242 Å². The fourth-order valence-corrected chi connectivity index (χ4v) is 13.9. The van der Waals surface area contributed by atoms with Gasteiger partial charge in [0.05, 0.1) is 31.3 Å². The Bertz CT molecular complexity index is 1610. The van der Waals surface area contributed by atoms with Crippen LogP contribution in [0.1, 0.15) is 106 Å². The summed E-state index contributed by atoms with van der Waals surface area (Å²) in [5.74, 6) is -1.50. The van der Waals surface area contributed by atoms with E-state index < -0.39 is 103 Å². The van der Waals surface area contributed by atoms with Gasteiger partial charge in [-0.15, -0.1) is 0 Å². The Balaban J connectivity index is 1.16. The molecule has 2 saturated heterocycles. The molecule has 0 spiro atoms. The second-order valence-electron chi connectivity index (χ2n) is 21.1. The first-order valence-corrected chi connectivity index (χ1v) is 21.3. The van der Waals surface area contributed by atoms with Gasteiger partial charge in [-0.3, -0.25) is 4.79 Å². The summed E-state index contributed by atoms with van der Waals surface area (Å²) in [4.78, 5) is 26.0. The molecule has 0 amide bonds. The van der Waals surface area contributed by atoms with E-state index in [0.717, 1.165) is 45.6 Å².